The van der Waals surface area contributed by atoms with Crippen molar-refractivity contribution in [1.29, 1.82) is 5.26 Å². The Bertz CT molecular complexity index is 1960. The number of rotatable bonds is 5. The van der Waals surface area contributed by atoms with Crippen LogP contribution in [0.4, 0.5) is 11.4 Å². The van der Waals surface area contributed by atoms with E-state index in [-0.39, 0.29) is 30.6 Å². The molecule has 3 aliphatic heterocycles. The number of nitrogens with one attached hydrogen (secondary N) is 2. The van der Waals surface area contributed by atoms with Crippen LogP contribution in [0.25, 0.3) is 0 Å². The number of fused-ring (bicyclic) bond motifs is 2. The van der Waals surface area contributed by atoms with Crippen LogP contribution in [0, 0.1) is 29.1 Å². The number of carbonyl (C=O) groups is 4. The lowest BCUT2D eigenvalue weighted by molar-refractivity contribution is -0.139. The molecule has 0 bridgehead atoms. The number of nitrogens with zero attached hydrogens (tertiary/aromatic N) is 5. The number of aliphatic hydroxyl groups excluding tert-OH is 1. The van der Waals surface area contributed by atoms with Gasteiger partial charge in [0, 0.05) is 48.2 Å². The second-order valence-corrected chi connectivity index (χ2v) is 13.0. The van der Waals surface area contributed by atoms with E-state index < -0.39 is 29.6 Å². The minimum absolute atomic E-state index is 0.0858. The monoisotopic (exact) mass is 631 g/mol. The van der Waals surface area contributed by atoms with Gasteiger partial charge in [0.2, 0.25) is 11.8 Å². The molecule has 2 fully saturated rings. The van der Waals surface area contributed by atoms with Gasteiger partial charge in [-0.05, 0) is 74.9 Å². The summed E-state index contributed by atoms with van der Waals surface area (Å²) in [5, 5.41) is 30.0. The minimum Gasteiger partial charge on any atom is -0.369 e. The van der Waals surface area contributed by atoms with E-state index in [1.165, 1.54) is 0 Å². The highest BCUT2D eigenvalue weighted by atomic mass is 16.3. The topological polar surface area (TPSA) is 161 Å². The zero-order valence-electron chi connectivity index (χ0n) is 26.0. The molecule has 3 aromatic rings. The average Bonchev–Trinajstić information content (AvgIpc) is 3.77. The van der Waals surface area contributed by atoms with E-state index in [2.05, 4.69) is 38.5 Å². The molecule has 2 unspecified atom stereocenters. The van der Waals surface area contributed by atoms with Gasteiger partial charge in [0.15, 0.2) is 6.23 Å². The molecule has 2 aromatic carbocycles. The Morgan fingerprint density at radius 2 is 1.89 bits per heavy atom. The molecule has 238 valence electrons. The fourth-order valence-electron chi connectivity index (χ4n) is 6.78. The normalized spacial score (nSPS) is 20.5. The van der Waals surface area contributed by atoms with E-state index in [0.717, 1.165) is 46.7 Å². The largest absolute Gasteiger partial charge is 0.369 e. The molecule has 0 saturated carbocycles. The van der Waals surface area contributed by atoms with Gasteiger partial charge in [0.1, 0.15) is 11.6 Å². The average molecular weight is 632 g/mol. The Balaban J connectivity index is 0.976. The molecule has 4 heterocycles. The van der Waals surface area contributed by atoms with Crippen LogP contribution in [0.15, 0.2) is 42.7 Å². The van der Waals surface area contributed by atoms with Crippen LogP contribution in [0.2, 0.25) is 0 Å². The van der Waals surface area contributed by atoms with Gasteiger partial charge in [-0.1, -0.05) is 17.9 Å². The molecule has 2 atom stereocenters. The maximum Gasteiger partial charge on any atom is 0.257 e. The summed E-state index contributed by atoms with van der Waals surface area (Å²) in [7, 11) is 0. The van der Waals surface area contributed by atoms with Crippen molar-refractivity contribution in [1.82, 2.24) is 20.0 Å². The fourth-order valence-corrected chi connectivity index (χ4v) is 6.78. The number of imide groups is 1. The third-order valence-electron chi connectivity index (χ3n) is 9.62. The van der Waals surface area contributed by atoms with E-state index in [9.17, 15) is 29.5 Å². The maximum atomic E-state index is 13.4. The molecule has 3 N–H and O–H groups in total. The number of amides is 4. The van der Waals surface area contributed by atoms with Gasteiger partial charge in [-0.2, -0.15) is 10.4 Å². The number of hydrogen-bond donors (Lipinski definition) is 3. The Morgan fingerprint density at radius 3 is 2.66 bits per heavy atom. The van der Waals surface area contributed by atoms with Crippen molar-refractivity contribution in [2.45, 2.75) is 63.8 Å². The van der Waals surface area contributed by atoms with Gasteiger partial charge in [-0.3, -0.25) is 34.1 Å². The number of hydrogen-bond acceptors (Lipinski definition) is 8. The third kappa shape index (κ3) is 5.21. The lowest BCUT2D eigenvalue weighted by atomic mass is 9.98. The molecule has 4 amide bonds. The molecule has 12 nitrogen and oxygen atoms in total. The highest BCUT2D eigenvalue weighted by Crippen LogP contribution is 2.38. The Labute approximate surface area is 271 Å². The predicted molar refractivity (Wildman–Crippen MR) is 170 cm³/mol. The van der Waals surface area contributed by atoms with Crippen molar-refractivity contribution in [2.75, 3.05) is 23.3 Å². The Kier molecular flexibility index (Phi) is 7.33. The van der Waals surface area contributed by atoms with Gasteiger partial charge in [-0.25, -0.2) is 0 Å². The second-order valence-electron chi connectivity index (χ2n) is 13.0. The lowest BCUT2D eigenvalue weighted by Gasteiger charge is -2.38. The summed E-state index contributed by atoms with van der Waals surface area (Å²) >= 11 is 0. The zero-order chi connectivity index (χ0) is 33.0. The number of aliphatic hydroxyl groups is 1. The van der Waals surface area contributed by atoms with Crippen LogP contribution >= 0.6 is 0 Å². The van der Waals surface area contributed by atoms with Crippen molar-refractivity contribution >= 4 is 35.0 Å². The summed E-state index contributed by atoms with van der Waals surface area (Å²) in [4.78, 5) is 53.8. The van der Waals surface area contributed by atoms with Gasteiger partial charge in [0.25, 0.3) is 11.8 Å². The van der Waals surface area contributed by atoms with E-state index in [0.29, 0.717) is 35.3 Å². The molecule has 2 saturated heterocycles. The molecule has 1 aromatic heterocycles. The van der Waals surface area contributed by atoms with Crippen molar-refractivity contribution in [3.63, 3.8) is 0 Å². The summed E-state index contributed by atoms with van der Waals surface area (Å²) < 4.78 is 1.61. The van der Waals surface area contributed by atoms with Crippen LogP contribution in [0.5, 0.6) is 0 Å². The van der Waals surface area contributed by atoms with Gasteiger partial charge < -0.3 is 15.3 Å². The number of anilines is 2. The molecule has 12 heteroatoms. The summed E-state index contributed by atoms with van der Waals surface area (Å²) in [6.07, 6.45) is 5.07. The molecule has 7 rings (SSSR count). The molecule has 47 heavy (non-hydrogen) atoms. The molecular formula is C35H33N7O5. The highest BCUT2D eigenvalue weighted by molar-refractivity contribution is 6.06. The zero-order valence-corrected chi connectivity index (χ0v) is 26.0. The van der Waals surface area contributed by atoms with E-state index in [4.69, 9.17) is 0 Å². The molecule has 1 aliphatic carbocycles. The Hall–Kier alpha value is -5.46. The molecular weight excluding hydrogens is 598 g/mol. The number of piperidine rings is 1. The first-order chi connectivity index (χ1) is 22.5. The van der Waals surface area contributed by atoms with Gasteiger partial charge >= 0.3 is 0 Å². The first-order valence-corrected chi connectivity index (χ1v) is 15.7. The smallest absolute Gasteiger partial charge is 0.257 e. The van der Waals surface area contributed by atoms with Gasteiger partial charge in [0.05, 0.1) is 29.3 Å². The predicted octanol–water partition coefficient (Wildman–Crippen LogP) is 2.36. The summed E-state index contributed by atoms with van der Waals surface area (Å²) in [6, 6.07) is 10.2. The van der Waals surface area contributed by atoms with Crippen molar-refractivity contribution in [3.8, 4) is 17.9 Å². The first-order valence-electron chi connectivity index (χ1n) is 15.7. The number of carbonyl (C=O) groups excluding carboxylic acids is 4. The summed E-state index contributed by atoms with van der Waals surface area (Å²) in [5.41, 5.74) is 4.77. The molecule has 0 spiro atoms. The van der Waals surface area contributed by atoms with Crippen LogP contribution in [0.1, 0.15) is 77.5 Å². The standard InChI is InChI=1S/C35H33N7O5/c1-35(2,34(47)38-28-11-8-22(15-36)24-4-3-5-25(24)28)41-19-20(16-37-41)6-7-21-17-40(18-21)23-9-10-26-27(14-23)33(46)42(32(26)45)29-12-13-30(43)39-31(29)44/h8-11,14,16,19,21,29,32,45H,3-5,12-13,17-18H2,1-2H3,(H,38,47)(H,39,43,44). The van der Waals surface area contributed by atoms with Crippen molar-refractivity contribution in [2.24, 2.45) is 5.92 Å². The highest BCUT2D eigenvalue weighted by Gasteiger charge is 2.44. The fraction of sp³-hybridized carbons (Fsp3) is 0.371. The van der Waals surface area contributed by atoms with E-state index in [1.807, 2.05) is 6.07 Å². The quantitative estimate of drug-likeness (QED) is 0.286. The second kappa shape index (κ2) is 11.4. The van der Waals surface area contributed by atoms with Gasteiger partial charge in [-0.15, -0.1) is 0 Å². The molecule has 4 aliphatic rings. The SMILES string of the molecule is CC(C)(C(=O)Nc1ccc(C#N)c2c1CCC2)n1cc(C#CC2CN(c3ccc4c(c3)C(=O)N(C3CCC(=O)NC3=O)C4O)C2)cn1. The maximum absolute atomic E-state index is 13.4. The number of aromatic nitrogens is 2. The van der Waals surface area contributed by atoms with E-state index >= 15 is 0 Å². The summed E-state index contributed by atoms with van der Waals surface area (Å²) in [5.74, 6) is 4.93. The Morgan fingerprint density at radius 1 is 1.11 bits per heavy atom. The van der Waals surface area contributed by atoms with E-state index in [1.54, 1.807) is 55.2 Å². The lowest BCUT2D eigenvalue weighted by Crippen LogP contribution is -2.53. The molecule has 0 radical (unpaired) electrons. The number of benzene rings is 2. The van der Waals surface area contributed by atoms with Crippen LogP contribution in [-0.4, -0.2) is 62.5 Å². The van der Waals surface area contributed by atoms with Crippen molar-refractivity contribution < 1.29 is 24.3 Å². The minimum atomic E-state index is -1.25. The van der Waals surface area contributed by atoms with Crippen LogP contribution < -0.4 is 15.5 Å². The first kappa shape index (κ1) is 30.2. The summed E-state index contributed by atoms with van der Waals surface area (Å²) in [6.45, 7) is 4.89. The van der Waals surface area contributed by atoms with Crippen LogP contribution in [0.3, 0.4) is 0 Å². The third-order valence-corrected chi connectivity index (χ3v) is 9.62. The number of nitriles is 1. The van der Waals surface area contributed by atoms with Crippen LogP contribution in [-0.2, 0) is 32.8 Å². The van der Waals surface area contributed by atoms with Crippen molar-refractivity contribution in [3.05, 3.63) is 76.1 Å².